The molecule has 53 heavy (non-hydrogen) atoms. The van der Waals surface area contributed by atoms with E-state index in [4.69, 9.17) is 28.2 Å². The summed E-state index contributed by atoms with van der Waals surface area (Å²) in [6, 6.07) is 42.3. The van der Waals surface area contributed by atoms with E-state index in [1.54, 1.807) is 0 Å². The van der Waals surface area contributed by atoms with Gasteiger partial charge in [-0.05, 0) is 102 Å². The Balaban J connectivity index is 1.03. The standard InChI is InChI=1S/C47H42Cl2N4/c1-4-9-45(51(2)40-26-22-38(48)23-27-40)42-10-5-7-12-44(42)50-32-34-14-18-36(19-15-34)37-20-16-35(17-21-37)33-53-31-30-46(43-11-6-8-13-47(43)53)52(3)41-28-24-39(49)25-29-41/h4-30H,31-33H2,1-3H3/b9-4-,45-42+,50-44?. The summed E-state index contributed by atoms with van der Waals surface area (Å²) >= 11 is 12.3. The molecule has 0 aromatic heterocycles. The SMILES string of the molecule is C/C=C\C(=C1\C=CC=CC1=NCc1ccc(-c2ccc(CN3CC=C(N(C)c4ccc(Cl)cc4)c4ccccc43)cc2)cc1)N(C)c1ccc(Cl)cc1. The molecule has 0 N–H and O–H groups in total. The Hall–Kier alpha value is -5.55. The monoisotopic (exact) mass is 732 g/mol. The highest BCUT2D eigenvalue weighted by Gasteiger charge is 2.22. The number of allylic oxidation sites excluding steroid dienone is 7. The molecule has 7 rings (SSSR count). The molecule has 0 bridgehead atoms. The summed E-state index contributed by atoms with van der Waals surface area (Å²) < 4.78 is 0. The van der Waals surface area contributed by atoms with Gasteiger partial charge in [-0.25, -0.2) is 0 Å². The first-order valence-corrected chi connectivity index (χ1v) is 18.6. The average molecular weight is 734 g/mol. The molecular formula is C47H42Cl2N4. The summed E-state index contributed by atoms with van der Waals surface area (Å²) in [6.07, 6.45) is 14.8. The minimum atomic E-state index is 0.590. The molecular weight excluding hydrogens is 691 g/mol. The summed E-state index contributed by atoms with van der Waals surface area (Å²) in [4.78, 5) is 11.9. The maximum absolute atomic E-state index is 6.16. The van der Waals surface area contributed by atoms with Gasteiger partial charge in [0.2, 0.25) is 0 Å². The third-order valence-corrected chi connectivity index (χ3v) is 10.2. The van der Waals surface area contributed by atoms with Crippen molar-refractivity contribution in [3.05, 3.63) is 202 Å². The Kier molecular flexibility index (Phi) is 11.1. The van der Waals surface area contributed by atoms with Gasteiger partial charge in [-0.15, -0.1) is 0 Å². The molecule has 1 aliphatic heterocycles. The summed E-state index contributed by atoms with van der Waals surface area (Å²) in [6.45, 7) is 4.29. The van der Waals surface area contributed by atoms with Crippen molar-refractivity contribution in [3.63, 3.8) is 0 Å². The fraction of sp³-hybridized carbons (Fsp3) is 0.128. The molecule has 1 aliphatic carbocycles. The van der Waals surface area contributed by atoms with Gasteiger partial charge < -0.3 is 14.7 Å². The van der Waals surface area contributed by atoms with Crippen molar-refractivity contribution in [1.29, 1.82) is 0 Å². The zero-order valence-electron chi connectivity index (χ0n) is 30.3. The number of hydrogen-bond donors (Lipinski definition) is 0. The fourth-order valence-corrected chi connectivity index (χ4v) is 7.07. The fourth-order valence-electron chi connectivity index (χ4n) is 6.82. The topological polar surface area (TPSA) is 22.1 Å². The van der Waals surface area contributed by atoms with Gasteiger partial charge in [0.15, 0.2) is 0 Å². The van der Waals surface area contributed by atoms with Crippen LogP contribution in [0.1, 0.15) is 23.6 Å². The van der Waals surface area contributed by atoms with Crippen LogP contribution in [-0.2, 0) is 13.1 Å². The zero-order valence-corrected chi connectivity index (χ0v) is 31.8. The van der Waals surface area contributed by atoms with Gasteiger partial charge >= 0.3 is 0 Å². The van der Waals surface area contributed by atoms with E-state index in [1.165, 1.54) is 33.6 Å². The van der Waals surface area contributed by atoms with Crippen LogP contribution in [0, 0.1) is 0 Å². The molecule has 2 aliphatic rings. The molecule has 1 heterocycles. The van der Waals surface area contributed by atoms with E-state index in [0.29, 0.717) is 6.54 Å². The van der Waals surface area contributed by atoms with Crippen LogP contribution in [0.15, 0.2) is 180 Å². The normalized spacial score (nSPS) is 15.5. The largest absolute Gasteiger partial charge is 0.363 e. The van der Waals surface area contributed by atoms with Crippen LogP contribution in [0.4, 0.5) is 17.1 Å². The van der Waals surface area contributed by atoms with E-state index in [-0.39, 0.29) is 0 Å². The maximum atomic E-state index is 6.16. The lowest BCUT2D eigenvalue weighted by molar-refractivity contribution is 0.854. The van der Waals surface area contributed by atoms with Crippen molar-refractivity contribution >= 4 is 51.7 Å². The number of hydrogen-bond acceptors (Lipinski definition) is 4. The number of rotatable bonds is 10. The summed E-state index contributed by atoms with van der Waals surface area (Å²) in [5.74, 6) is 0. The Bertz CT molecular complexity index is 2240. The van der Waals surface area contributed by atoms with E-state index >= 15 is 0 Å². The van der Waals surface area contributed by atoms with Crippen LogP contribution in [0.2, 0.25) is 10.0 Å². The quantitative estimate of drug-likeness (QED) is 0.143. The van der Waals surface area contributed by atoms with E-state index in [0.717, 1.165) is 57.1 Å². The molecule has 0 spiro atoms. The van der Waals surface area contributed by atoms with Crippen molar-refractivity contribution in [1.82, 2.24) is 0 Å². The van der Waals surface area contributed by atoms with Crippen LogP contribution >= 0.6 is 23.2 Å². The number of likely N-dealkylation sites (N-methyl/N-ethyl adjacent to an activating group) is 1. The molecule has 0 saturated heterocycles. The molecule has 5 aromatic carbocycles. The number of nitrogens with zero attached hydrogens (tertiary/aromatic N) is 4. The van der Waals surface area contributed by atoms with Crippen LogP contribution in [0.5, 0.6) is 0 Å². The Labute approximate surface area is 323 Å². The molecule has 0 fully saturated rings. The first-order chi connectivity index (χ1) is 25.9. The Morgan fingerprint density at radius 3 is 1.98 bits per heavy atom. The molecule has 0 unspecified atom stereocenters. The van der Waals surface area contributed by atoms with Gasteiger partial charge in [0, 0.05) is 76.8 Å². The van der Waals surface area contributed by atoms with Crippen LogP contribution in [-0.4, -0.2) is 26.4 Å². The van der Waals surface area contributed by atoms with E-state index < -0.39 is 0 Å². The van der Waals surface area contributed by atoms with Gasteiger partial charge in [0.1, 0.15) is 0 Å². The van der Waals surface area contributed by atoms with Gasteiger partial charge in [-0.2, -0.15) is 0 Å². The summed E-state index contributed by atoms with van der Waals surface area (Å²) in [7, 11) is 4.19. The summed E-state index contributed by atoms with van der Waals surface area (Å²) in [5, 5.41) is 1.46. The van der Waals surface area contributed by atoms with E-state index in [2.05, 4.69) is 150 Å². The van der Waals surface area contributed by atoms with Crippen molar-refractivity contribution < 1.29 is 0 Å². The van der Waals surface area contributed by atoms with Crippen molar-refractivity contribution in [2.75, 3.05) is 35.3 Å². The van der Waals surface area contributed by atoms with Gasteiger partial charge in [-0.3, -0.25) is 4.99 Å². The highest BCUT2D eigenvalue weighted by atomic mass is 35.5. The Morgan fingerprint density at radius 1 is 0.717 bits per heavy atom. The second-order valence-corrected chi connectivity index (χ2v) is 14.0. The minimum Gasteiger partial charge on any atom is -0.363 e. The first kappa shape index (κ1) is 35.8. The molecule has 5 aromatic rings. The number of halogens is 2. The molecule has 6 heteroatoms. The average Bonchev–Trinajstić information content (AvgIpc) is 3.20. The molecule has 0 atom stereocenters. The molecule has 0 radical (unpaired) electrons. The smallest absolute Gasteiger partial charge is 0.0671 e. The van der Waals surface area contributed by atoms with Crippen molar-refractivity contribution in [2.24, 2.45) is 4.99 Å². The highest BCUT2D eigenvalue weighted by Crippen LogP contribution is 2.36. The highest BCUT2D eigenvalue weighted by molar-refractivity contribution is 6.31. The maximum Gasteiger partial charge on any atom is 0.0671 e. The number of benzene rings is 5. The third-order valence-electron chi connectivity index (χ3n) is 9.73. The minimum absolute atomic E-state index is 0.590. The number of para-hydroxylation sites is 1. The van der Waals surface area contributed by atoms with Gasteiger partial charge in [-0.1, -0.05) is 114 Å². The zero-order chi connectivity index (χ0) is 36.7. The predicted molar refractivity (Wildman–Crippen MR) is 228 cm³/mol. The lowest BCUT2D eigenvalue weighted by atomic mass is 10.00. The van der Waals surface area contributed by atoms with Crippen LogP contribution < -0.4 is 14.7 Å². The second kappa shape index (κ2) is 16.4. The van der Waals surface area contributed by atoms with Gasteiger partial charge in [0.25, 0.3) is 0 Å². The van der Waals surface area contributed by atoms with E-state index in [9.17, 15) is 0 Å². The number of anilines is 3. The predicted octanol–water partition coefficient (Wildman–Crippen LogP) is 12.2. The molecule has 0 amide bonds. The van der Waals surface area contributed by atoms with E-state index in [1.807, 2.05) is 49.4 Å². The first-order valence-electron chi connectivity index (χ1n) is 17.9. The lowest BCUT2D eigenvalue weighted by Crippen LogP contribution is -2.30. The molecule has 264 valence electrons. The van der Waals surface area contributed by atoms with Crippen molar-refractivity contribution in [2.45, 2.75) is 20.0 Å². The molecule has 0 saturated carbocycles. The number of fused-ring (bicyclic) bond motifs is 1. The van der Waals surface area contributed by atoms with Gasteiger partial charge in [0.05, 0.1) is 12.3 Å². The van der Waals surface area contributed by atoms with Crippen molar-refractivity contribution in [3.8, 4) is 11.1 Å². The Morgan fingerprint density at radius 2 is 1.32 bits per heavy atom. The lowest BCUT2D eigenvalue weighted by Gasteiger charge is -2.34. The number of aliphatic imine (C=N–C) groups is 1. The second-order valence-electron chi connectivity index (χ2n) is 13.2. The molecule has 4 nitrogen and oxygen atoms in total. The third kappa shape index (κ3) is 8.25. The van der Waals surface area contributed by atoms with Crippen LogP contribution in [0.25, 0.3) is 16.8 Å². The summed E-state index contributed by atoms with van der Waals surface area (Å²) in [5.41, 5.74) is 13.8. The van der Waals surface area contributed by atoms with Crippen LogP contribution in [0.3, 0.4) is 0 Å².